The first kappa shape index (κ1) is 11.8. The minimum absolute atomic E-state index is 0.606. The van der Waals surface area contributed by atoms with Crippen molar-refractivity contribution in [2.45, 2.75) is 25.4 Å². The molecule has 1 aromatic rings. The number of hydrogen-bond acceptors (Lipinski definition) is 3. The highest BCUT2D eigenvalue weighted by atomic mass is 35.5. The summed E-state index contributed by atoms with van der Waals surface area (Å²) < 4.78 is 5.36. The van der Waals surface area contributed by atoms with Gasteiger partial charge in [0.2, 0.25) is 0 Å². The van der Waals surface area contributed by atoms with Crippen LogP contribution in [0.2, 0.25) is 5.02 Å². The number of nitrogens with zero attached hydrogens (tertiary/aromatic N) is 2. The minimum atomic E-state index is 0.606. The smallest absolute Gasteiger partial charge is 0.0558 e. The van der Waals surface area contributed by atoms with Crippen molar-refractivity contribution < 1.29 is 4.74 Å². The second kappa shape index (κ2) is 5.62. The fourth-order valence-electron chi connectivity index (χ4n) is 2.05. The molecule has 0 aromatic carbocycles. The van der Waals surface area contributed by atoms with Crippen molar-refractivity contribution >= 4 is 11.6 Å². The minimum Gasteiger partial charge on any atom is -0.381 e. The third kappa shape index (κ3) is 3.17. The Morgan fingerprint density at radius 3 is 2.94 bits per heavy atom. The van der Waals surface area contributed by atoms with Gasteiger partial charge in [-0.15, -0.1) is 0 Å². The molecule has 1 saturated heterocycles. The molecule has 0 unspecified atom stereocenters. The largest absolute Gasteiger partial charge is 0.381 e. The average Bonchev–Trinajstić information content (AvgIpc) is 2.30. The quantitative estimate of drug-likeness (QED) is 0.811. The molecule has 1 aromatic heterocycles. The first-order valence-corrected chi connectivity index (χ1v) is 6.02. The van der Waals surface area contributed by atoms with E-state index in [0.29, 0.717) is 6.04 Å². The molecule has 0 N–H and O–H groups in total. The molecule has 0 spiro atoms. The van der Waals surface area contributed by atoms with Gasteiger partial charge < -0.3 is 4.74 Å². The summed E-state index contributed by atoms with van der Waals surface area (Å²) >= 11 is 5.94. The van der Waals surface area contributed by atoms with Crippen LogP contribution in [0.3, 0.4) is 0 Å². The van der Waals surface area contributed by atoms with Crippen molar-refractivity contribution in [2.75, 3.05) is 20.3 Å². The highest BCUT2D eigenvalue weighted by molar-refractivity contribution is 6.30. The zero-order chi connectivity index (χ0) is 11.4. The zero-order valence-electron chi connectivity index (χ0n) is 9.53. The van der Waals surface area contributed by atoms with E-state index >= 15 is 0 Å². The summed E-state index contributed by atoms with van der Waals surface area (Å²) in [7, 11) is 2.14. The maximum absolute atomic E-state index is 5.94. The van der Waals surface area contributed by atoms with E-state index in [1.165, 1.54) is 0 Å². The van der Waals surface area contributed by atoms with Gasteiger partial charge in [0.25, 0.3) is 0 Å². The van der Waals surface area contributed by atoms with Crippen LogP contribution in [0.5, 0.6) is 0 Å². The molecule has 0 amide bonds. The van der Waals surface area contributed by atoms with Gasteiger partial charge in [0, 0.05) is 37.0 Å². The predicted molar refractivity (Wildman–Crippen MR) is 64.6 cm³/mol. The van der Waals surface area contributed by atoms with E-state index in [4.69, 9.17) is 16.3 Å². The highest BCUT2D eigenvalue weighted by Crippen LogP contribution is 2.16. The maximum atomic E-state index is 5.94. The molecule has 0 saturated carbocycles. The number of halogens is 1. The molecule has 2 rings (SSSR count). The fourth-order valence-corrected chi connectivity index (χ4v) is 2.23. The van der Waals surface area contributed by atoms with Crippen LogP contribution in [0.4, 0.5) is 0 Å². The van der Waals surface area contributed by atoms with Crippen LogP contribution in [0.25, 0.3) is 0 Å². The average molecular weight is 241 g/mol. The number of rotatable bonds is 3. The van der Waals surface area contributed by atoms with E-state index in [1.807, 2.05) is 6.07 Å². The third-order valence-electron chi connectivity index (χ3n) is 3.00. The van der Waals surface area contributed by atoms with Gasteiger partial charge in [0.05, 0.1) is 5.69 Å². The zero-order valence-corrected chi connectivity index (χ0v) is 10.3. The normalized spacial score (nSPS) is 17.9. The van der Waals surface area contributed by atoms with E-state index in [-0.39, 0.29) is 0 Å². The molecule has 0 aliphatic carbocycles. The molecule has 88 valence electrons. The molecule has 2 heterocycles. The lowest BCUT2D eigenvalue weighted by Gasteiger charge is -2.30. The molecule has 16 heavy (non-hydrogen) atoms. The molecule has 0 radical (unpaired) electrons. The number of hydrogen-bond donors (Lipinski definition) is 0. The predicted octanol–water partition coefficient (Wildman–Crippen LogP) is 2.35. The summed E-state index contributed by atoms with van der Waals surface area (Å²) in [4.78, 5) is 6.65. The number of aromatic nitrogens is 1. The lowest BCUT2D eigenvalue weighted by atomic mass is 10.1. The topological polar surface area (TPSA) is 25.4 Å². The first-order valence-electron chi connectivity index (χ1n) is 5.64. The van der Waals surface area contributed by atoms with E-state index in [9.17, 15) is 0 Å². The molecular formula is C12H17ClN2O. The lowest BCUT2D eigenvalue weighted by molar-refractivity contribution is 0.0403. The first-order chi connectivity index (χ1) is 7.75. The highest BCUT2D eigenvalue weighted by Gasteiger charge is 2.18. The van der Waals surface area contributed by atoms with Crippen molar-refractivity contribution in [3.8, 4) is 0 Å². The van der Waals surface area contributed by atoms with Crippen LogP contribution in [0, 0.1) is 0 Å². The lowest BCUT2D eigenvalue weighted by Crippen LogP contribution is -2.36. The Bertz CT molecular complexity index is 340. The molecule has 0 bridgehead atoms. The van der Waals surface area contributed by atoms with E-state index < -0.39 is 0 Å². The summed E-state index contributed by atoms with van der Waals surface area (Å²) in [5.41, 5.74) is 1.03. The van der Waals surface area contributed by atoms with Crippen molar-refractivity contribution in [1.82, 2.24) is 9.88 Å². The van der Waals surface area contributed by atoms with Gasteiger partial charge in [0.15, 0.2) is 0 Å². The summed E-state index contributed by atoms with van der Waals surface area (Å²) in [5.74, 6) is 0. The van der Waals surface area contributed by atoms with Gasteiger partial charge in [0.1, 0.15) is 0 Å². The van der Waals surface area contributed by atoms with Gasteiger partial charge >= 0.3 is 0 Å². The van der Waals surface area contributed by atoms with Gasteiger partial charge in [-0.3, -0.25) is 9.88 Å². The van der Waals surface area contributed by atoms with Gasteiger partial charge in [-0.1, -0.05) is 11.6 Å². The Kier molecular flexibility index (Phi) is 4.16. The molecule has 4 heteroatoms. The standard InChI is InChI=1S/C12H17ClN2O/c1-15(12-3-6-16-7-4-12)9-11-8-10(13)2-5-14-11/h2,5,8,12H,3-4,6-7,9H2,1H3. The molecule has 0 atom stereocenters. The summed E-state index contributed by atoms with van der Waals surface area (Å²) in [6.45, 7) is 2.60. The van der Waals surface area contributed by atoms with Crippen molar-refractivity contribution in [1.29, 1.82) is 0 Å². The molecule has 3 nitrogen and oxygen atoms in total. The monoisotopic (exact) mass is 240 g/mol. The maximum Gasteiger partial charge on any atom is 0.0558 e. The SMILES string of the molecule is CN(Cc1cc(Cl)ccn1)C1CCOCC1. The summed E-state index contributed by atoms with van der Waals surface area (Å²) in [5, 5.41) is 0.755. The summed E-state index contributed by atoms with van der Waals surface area (Å²) in [6.07, 6.45) is 3.98. The van der Waals surface area contributed by atoms with Crippen LogP contribution in [0.15, 0.2) is 18.3 Å². The molecular weight excluding hydrogens is 224 g/mol. The van der Waals surface area contributed by atoms with Crippen LogP contribution in [-0.4, -0.2) is 36.2 Å². The van der Waals surface area contributed by atoms with Crippen LogP contribution in [0.1, 0.15) is 18.5 Å². The van der Waals surface area contributed by atoms with E-state index in [1.54, 1.807) is 12.3 Å². The Hall–Kier alpha value is -0.640. The van der Waals surface area contributed by atoms with Crippen LogP contribution < -0.4 is 0 Å². The summed E-state index contributed by atoms with van der Waals surface area (Å²) in [6, 6.07) is 4.34. The van der Waals surface area contributed by atoms with Gasteiger partial charge in [-0.05, 0) is 32.0 Å². The second-order valence-electron chi connectivity index (χ2n) is 4.22. The van der Waals surface area contributed by atoms with E-state index in [0.717, 1.165) is 43.3 Å². The number of ether oxygens (including phenoxy) is 1. The molecule has 1 aliphatic heterocycles. The Morgan fingerprint density at radius 2 is 2.25 bits per heavy atom. The van der Waals surface area contributed by atoms with Crippen molar-refractivity contribution in [2.24, 2.45) is 0 Å². The third-order valence-corrected chi connectivity index (χ3v) is 3.24. The van der Waals surface area contributed by atoms with Crippen LogP contribution >= 0.6 is 11.6 Å². The van der Waals surface area contributed by atoms with E-state index in [2.05, 4.69) is 16.9 Å². The molecule has 1 aliphatic rings. The Balaban J connectivity index is 1.93. The Labute approximate surface area is 101 Å². The van der Waals surface area contributed by atoms with Crippen molar-refractivity contribution in [3.63, 3.8) is 0 Å². The Morgan fingerprint density at radius 1 is 1.50 bits per heavy atom. The van der Waals surface area contributed by atoms with Crippen molar-refractivity contribution in [3.05, 3.63) is 29.0 Å². The molecule has 1 fully saturated rings. The number of pyridine rings is 1. The second-order valence-corrected chi connectivity index (χ2v) is 4.66. The van der Waals surface area contributed by atoms with Gasteiger partial charge in [-0.2, -0.15) is 0 Å². The fraction of sp³-hybridized carbons (Fsp3) is 0.583. The van der Waals surface area contributed by atoms with Crippen LogP contribution in [-0.2, 0) is 11.3 Å². The van der Waals surface area contributed by atoms with Gasteiger partial charge in [-0.25, -0.2) is 0 Å².